The lowest BCUT2D eigenvalue weighted by Crippen LogP contribution is -2.41. The highest BCUT2D eigenvalue weighted by molar-refractivity contribution is 14.0. The van der Waals surface area contributed by atoms with E-state index < -0.39 is 16.6 Å². The number of anilines is 1. The topological polar surface area (TPSA) is 83.0 Å². The van der Waals surface area contributed by atoms with Gasteiger partial charge in [-0.2, -0.15) is 8.78 Å². The maximum atomic E-state index is 12.7. The van der Waals surface area contributed by atoms with Crippen molar-refractivity contribution in [1.29, 1.82) is 0 Å². The molecule has 1 aliphatic rings. The highest BCUT2D eigenvalue weighted by atomic mass is 127. The molecule has 0 saturated heterocycles. The van der Waals surface area contributed by atoms with E-state index in [0.717, 1.165) is 11.3 Å². The summed E-state index contributed by atoms with van der Waals surface area (Å²) in [6, 6.07) is 13.9. The highest BCUT2D eigenvalue weighted by Gasteiger charge is 2.28. The number of nitrogens with one attached hydrogen (secondary N) is 2. The van der Waals surface area contributed by atoms with Crippen molar-refractivity contribution in [2.75, 3.05) is 30.2 Å². The first kappa shape index (κ1) is 25.1. The smallest absolute Gasteiger partial charge is 0.387 e. The summed E-state index contributed by atoms with van der Waals surface area (Å²) in [5, 5.41) is 5.92. The number of hydrogen-bond donors (Lipinski definition) is 2. The summed E-state index contributed by atoms with van der Waals surface area (Å²) in [6.45, 7) is -2.13. The highest BCUT2D eigenvalue weighted by Crippen LogP contribution is 2.29. The van der Waals surface area contributed by atoms with E-state index >= 15 is 0 Å². The first-order valence-corrected chi connectivity index (χ1v) is 11.1. The lowest BCUT2D eigenvalue weighted by Gasteiger charge is -2.20. The van der Waals surface area contributed by atoms with E-state index in [1.54, 1.807) is 25.2 Å². The van der Waals surface area contributed by atoms with E-state index in [4.69, 9.17) is 0 Å². The fourth-order valence-electron chi connectivity index (χ4n) is 3.27. The maximum Gasteiger partial charge on any atom is 0.387 e. The molecule has 2 aromatic carbocycles. The molecular weight excluding hydrogens is 541 g/mol. The summed E-state index contributed by atoms with van der Waals surface area (Å²) in [7, 11) is -1.94. The molecule has 0 amide bonds. The lowest BCUT2D eigenvalue weighted by molar-refractivity contribution is -0.0504. The van der Waals surface area contributed by atoms with Gasteiger partial charge in [-0.1, -0.05) is 36.4 Å². The van der Waals surface area contributed by atoms with Crippen molar-refractivity contribution >= 4 is 45.6 Å². The van der Waals surface area contributed by atoms with Crippen molar-refractivity contribution in [3.8, 4) is 5.75 Å². The van der Waals surface area contributed by atoms with Crippen LogP contribution in [0.5, 0.6) is 5.75 Å². The molecule has 31 heavy (non-hydrogen) atoms. The van der Waals surface area contributed by atoms with Gasteiger partial charge >= 0.3 is 6.61 Å². The van der Waals surface area contributed by atoms with Crippen LogP contribution in [0.3, 0.4) is 0 Å². The van der Waals surface area contributed by atoms with Gasteiger partial charge in [-0.25, -0.2) is 8.42 Å². The minimum Gasteiger partial charge on any atom is -0.434 e. The van der Waals surface area contributed by atoms with Crippen LogP contribution in [0.2, 0.25) is 0 Å². The molecule has 0 bridgehead atoms. The molecule has 0 saturated carbocycles. The third kappa shape index (κ3) is 6.66. The number of nitrogens with zero attached hydrogens (tertiary/aromatic N) is 2. The molecule has 170 valence electrons. The van der Waals surface area contributed by atoms with E-state index in [9.17, 15) is 17.2 Å². The number of hydrogen-bond acceptors (Lipinski definition) is 4. The maximum absolute atomic E-state index is 12.7. The van der Waals surface area contributed by atoms with E-state index in [-0.39, 0.29) is 48.6 Å². The zero-order valence-electron chi connectivity index (χ0n) is 16.9. The Bertz CT molecular complexity index is 1010. The summed E-state index contributed by atoms with van der Waals surface area (Å²) in [6.07, 6.45) is 0.701. The third-order valence-electron chi connectivity index (χ3n) is 4.69. The number of rotatable bonds is 8. The van der Waals surface area contributed by atoms with Crippen molar-refractivity contribution in [2.24, 2.45) is 4.99 Å². The Hall–Kier alpha value is -2.15. The Morgan fingerprint density at radius 3 is 2.61 bits per heavy atom. The molecule has 1 heterocycles. The lowest BCUT2D eigenvalue weighted by atomic mass is 10.2. The fraction of sp³-hybridized carbons (Fsp3) is 0.350. The first-order chi connectivity index (χ1) is 14.4. The van der Waals surface area contributed by atoms with Crippen LogP contribution in [-0.4, -0.2) is 46.9 Å². The van der Waals surface area contributed by atoms with Crippen LogP contribution in [0.25, 0.3) is 0 Å². The van der Waals surface area contributed by atoms with Gasteiger partial charge in [0.05, 0.1) is 11.4 Å². The molecule has 11 heteroatoms. The van der Waals surface area contributed by atoms with Gasteiger partial charge in [-0.15, -0.1) is 24.0 Å². The summed E-state index contributed by atoms with van der Waals surface area (Å²) in [5.74, 6) is 0.331. The number of fused-ring (bicyclic) bond motifs is 1. The Morgan fingerprint density at radius 1 is 1.16 bits per heavy atom. The normalized spacial score (nSPS) is 13.5. The average molecular weight is 566 g/mol. The number of alkyl halides is 2. The molecule has 2 aromatic rings. The molecule has 0 aliphatic carbocycles. The summed E-state index contributed by atoms with van der Waals surface area (Å²) >= 11 is 0. The first-order valence-electron chi connectivity index (χ1n) is 9.46. The molecule has 2 N–H and O–H groups in total. The van der Waals surface area contributed by atoms with E-state index in [2.05, 4.69) is 20.4 Å². The minimum absolute atomic E-state index is 0. The van der Waals surface area contributed by atoms with Crippen molar-refractivity contribution in [3.05, 3.63) is 59.7 Å². The van der Waals surface area contributed by atoms with Crippen molar-refractivity contribution in [3.63, 3.8) is 0 Å². The molecule has 7 nitrogen and oxygen atoms in total. The number of benzene rings is 2. The fourth-order valence-corrected chi connectivity index (χ4v) is 4.69. The van der Waals surface area contributed by atoms with E-state index in [1.807, 2.05) is 24.3 Å². The van der Waals surface area contributed by atoms with Crippen molar-refractivity contribution in [1.82, 2.24) is 10.6 Å². The predicted molar refractivity (Wildman–Crippen MR) is 128 cm³/mol. The van der Waals surface area contributed by atoms with Gasteiger partial charge < -0.3 is 15.4 Å². The van der Waals surface area contributed by atoms with E-state index in [0.29, 0.717) is 24.5 Å². The molecular formula is C20H25F2IN4O3S. The zero-order chi connectivity index (χ0) is 21.6. The van der Waals surface area contributed by atoms with Crippen LogP contribution in [0.4, 0.5) is 14.5 Å². The van der Waals surface area contributed by atoms with Crippen LogP contribution in [0.15, 0.2) is 53.5 Å². The molecule has 0 atom stereocenters. The molecule has 0 spiro atoms. The van der Waals surface area contributed by atoms with Gasteiger partial charge in [0.1, 0.15) is 5.75 Å². The summed E-state index contributed by atoms with van der Waals surface area (Å²) < 4.78 is 56.5. The largest absolute Gasteiger partial charge is 0.434 e. The Kier molecular flexibility index (Phi) is 9.29. The number of halogens is 3. The van der Waals surface area contributed by atoms with Gasteiger partial charge in [-0.05, 0) is 24.1 Å². The quantitative estimate of drug-likeness (QED) is 0.292. The number of ether oxygens (including phenoxy) is 1. The number of sulfonamides is 1. The number of para-hydroxylation sites is 2. The predicted octanol–water partition coefficient (Wildman–Crippen LogP) is 2.96. The zero-order valence-corrected chi connectivity index (χ0v) is 20.1. The Balaban J connectivity index is 0.00000341. The summed E-state index contributed by atoms with van der Waals surface area (Å²) in [4.78, 5) is 4.04. The van der Waals surface area contributed by atoms with E-state index in [1.165, 1.54) is 10.4 Å². The molecule has 0 fully saturated rings. The molecule has 0 unspecified atom stereocenters. The monoisotopic (exact) mass is 566 g/mol. The van der Waals surface area contributed by atoms with Gasteiger partial charge in [0, 0.05) is 32.2 Å². The molecule has 1 aliphatic heterocycles. The standard InChI is InChI=1S/C20H24F2N4O3S.HI/c1-23-20(25-14-16-7-3-5-9-18(16)29-19(21)22)24-11-13-30(27,28)26-12-10-15-6-2-4-8-17(15)26;/h2-9,19H,10-14H2,1H3,(H2,23,24,25);1H. The second-order valence-electron chi connectivity index (χ2n) is 6.61. The van der Waals surface area contributed by atoms with Gasteiger partial charge in [-0.3, -0.25) is 9.30 Å². The Morgan fingerprint density at radius 2 is 1.87 bits per heavy atom. The van der Waals surface area contributed by atoms with Crippen molar-refractivity contribution in [2.45, 2.75) is 19.6 Å². The van der Waals surface area contributed by atoms with Crippen LogP contribution in [-0.2, 0) is 23.0 Å². The van der Waals surface area contributed by atoms with Crippen LogP contribution < -0.4 is 19.7 Å². The molecule has 0 aromatic heterocycles. The minimum atomic E-state index is -3.48. The summed E-state index contributed by atoms with van der Waals surface area (Å²) in [5.41, 5.74) is 2.29. The van der Waals surface area contributed by atoms with Gasteiger partial charge in [0.25, 0.3) is 0 Å². The molecule has 3 rings (SSSR count). The Labute approximate surface area is 198 Å². The second kappa shape index (κ2) is 11.5. The van der Waals surface area contributed by atoms with Crippen LogP contribution in [0.1, 0.15) is 11.1 Å². The van der Waals surface area contributed by atoms with Crippen LogP contribution in [0, 0.1) is 0 Å². The number of guanidine groups is 1. The molecule has 0 radical (unpaired) electrons. The number of aliphatic imine (C=N–C) groups is 1. The third-order valence-corrected chi connectivity index (χ3v) is 6.46. The average Bonchev–Trinajstić information content (AvgIpc) is 3.16. The van der Waals surface area contributed by atoms with Gasteiger partial charge in [0.15, 0.2) is 5.96 Å². The van der Waals surface area contributed by atoms with Crippen molar-refractivity contribution < 1.29 is 21.9 Å². The second-order valence-corrected chi connectivity index (χ2v) is 8.62. The van der Waals surface area contributed by atoms with Crippen LogP contribution >= 0.6 is 24.0 Å². The van der Waals surface area contributed by atoms with Gasteiger partial charge in [0.2, 0.25) is 10.0 Å². The SMILES string of the molecule is CN=C(NCCS(=O)(=O)N1CCc2ccccc21)NCc1ccccc1OC(F)F.I.